The Morgan fingerprint density at radius 1 is 1.32 bits per heavy atom. The highest BCUT2D eigenvalue weighted by Crippen LogP contribution is 2.42. The lowest BCUT2D eigenvalue weighted by Crippen LogP contribution is -2.38. The predicted octanol–water partition coefficient (Wildman–Crippen LogP) is 3.09. The number of pyridine rings is 1. The number of aromatic nitrogens is 1. The first-order valence-electron chi connectivity index (χ1n) is 7.21. The molecule has 4 nitrogen and oxygen atoms in total. The van der Waals surface area contributed by atoms with Gasteiger partial charge in [-0.15, -0.1) is 11.8 Å². The van der Waals surface area contributed by atoms with Crippen LogP contribution in [0.5, 0.6) is 0 Å². The summed E-state index contributed by atoms with van der Waals surface area (Å²) in [7, 11) is 0. The lowest BCUT2D eigenvalue weighted by atomic mass is 10.1. The number of carbonyl (C=O) groups is 1. The van der Waals surface area contributed by atoms with Gasteiger partial charge in [0.05, 0.1) is 5.37 Å². The Hall–Kier alpha value is -1.85. The van der Waals surface area contributed by atoms with Gasteiger partial charge < -0.3 is 5.11 Å². The zero-order valence-electron chi connectivity index (χ0n) is 12.3. The smallest absolute Gasteiger partial charge is 0.321 e. The summed E-state index contributed by atoms with van der Waals surface area (Å²) in [5.74, 6) is -0.147. The molecule has 0 aliphatic carbocycles. The third kappa shape index (κ3) is 3.00. The summed E-state index contributed by atoms with van der Waals surface area (Å²) >= 11 is 1.68. The van der Waals surface area contributed by atoms with Gasteiger partial charge in [-0.3, -0.25) is 14.7 Å². The number of aliphatic carboxylic acids is 1. The molecule has 2 aromatic rings. The van der Waals surface area contributed by atoms with E-state index in [2.05, 4.69) is 28.9 Å². The maximum absolute atomic E-state index is 11.6. The van der Waals surface area contributed by atoms with E-state index in [1.807, 2.05) is 24.3 Å². The van der Waals surface area contributed by atoms with E-state index in [1.54, 1.807) is 24.2 Å². The number of thioether (sulfide) groups is 1. The fourth-order valence-electron chi connectivity index (χ4n) is 2.74. The monoisotopic (exact) mass is 314 g/mol. The van der Waals surface area contributed by atoms with Gasteiger partial charge in [0.2, 0.25) is 0 Å². The molecule has 1 saturated heterocycles. The van der Waals surface area contributed by atoms with E-state index >= 15 is 0 Å². The largest absolute Gasteiger partial charge is 0.480 e. The summed E-state index contributed by atoms with van der Waals surface area (Å²) in [4.78, 5) is 17.7. The summed E-state index contributed by atoms with van der Waals surface area (Å²) in [6.07, 6.45) is 3.52. The van der Waals surface area contributed by atoms with Crippen molar-refractivity contribution in [1.82, 2.24) is 9.88 Å². The Balaban J connectivity index is 1.91. The maximum atomic E-state index is 11.6. The first kappa shape index (κ1) is 15.1. The van der Waals surface area contributed by atoms with Gasteiger partial charge in [0, 0.05) is 24.7 Å². The highest BCUT2D eigenvalue weighted by molar-refractivity contribution is 7.99. The quantitative estimate of drug-likeness (QED) is 0.940. The van der Waals surface area contributed by atoms with Crippen LogP contribution in [0.2, 0.25) is 0 Å². The Morgan fingerprint density at radius 3 is 2.73 bits per heavy atom. The van der Waals surface area contributed by atoms with Crippen LogP contribution in [0.25, 0.3) is 0 Å². The molecule has 114 valence electrons. The van der Waals surface area contributed by atoms with Crippen LogP contribution in [-0.2, 0) is 11.3 Å². The number of aryl methyl sites for hydroxylation is 1. The molecule has 1 aromatic heterocycles. The van der Waals surface area contributed by atoms with Gasteiger partial charge in [-0.2, -0.15) is 0 Å². The van der Waals surface area contributed by atoms with E-state index in [0.29, 0.717) is 12.3 Å². The molecule has 3 rings (SSSR count). The van der Waals surface area contributed by atoms with Crippen molar-refractivity contribution in [3.63, 3.8) is 0 Å². The number of benzene rings is 1. The Labute approximate surface area is 134 Å². The third-order valence-corrected chi connectivity index (χ3v) is 5.37. The fraction of sp³-hybridized carbons (Fsp3) is 0.294. The average molecular weight is 314 g/mol. The molecular weight excluding hydrogens is 296 g/mol. The molecule has 1 fully saturated rings. The first-order chi connectivity index (χ1) is 10.7. The summed E-state index contributed by atoms with van der Waals surface area (Å²) in [5, 5.41) is 9.59. The highest BCUT2D eigenvalue weighted by atomic mass is 32.2. The maximum Gasteiger partial charge on any atom is 0.321 e. The van der Waals surface area contributed by atoms with Crippen LogP contribution in [-0.4, -0.2) is 32.8 Å². The molecule has 22 heavy (non-hydrogen) atoms. The molecule has 5 heteroatoms. The number of hydrogen-bond donors (Lipinski definition) is 1. The van der Waals surface area contributed by atoms with Crippen molar-refractivity contribution < 1.29 is 9.90 Å². The lowest BCUT2D eigenvalue weighted by Gasteiger charge is -2.28. The van der Waals surface area contributed by atoms with E-state index in [1.165, 1.54) is 11.1 Å². The number of nitrogens with zero attached hydrogens (tertiary/aromatic N) is 2. The van der Waals surface area contributed by atoms with Crippen molar-refractivity contribution in [2.45, 2.75) is 24.9 Å². The first-order valence-corrected chi connectivity index (χ1v) is 8.26. The molecule has 1 aromatic carbocycles. The highest BCUT2D eigenvalue weighted by Gasteiger charge is 2.39. The van der Waals surface area contributed by atoms with Crippen LogP contribution in [0, 0.1) is 6.92 Å². The minimum Gasteiger partial charge on any atom is -0.480 e. The van der Waals surface area contributed by atoms with Crippen LogP contribution in [0.1, 0.15) is 22.1 Å². The summed E-state index contributed by atoms with van der Waals surface area (Å²) in [6, 6.07) is 11.6. The van der Waals surface area contributed by atoms with E-state index in [-0.39, 0.29) is 5.37 Å². The standard InChI is InChI=1S/C17H18N2O2S/c1-12-4-2-3-5-14(12)10-19-15(17(20)21)11-22-16(19)13-6-8-18-9-7-13/h2-9,15-16H,10-11H2,1H3,(H,20,21). The minimum absolute atomic E-state index is 0.0590. The Kier molecular flexibility index (Phi) is 4.45. The van der Waals surface area contributed by atoms with Crippen LogP contribution >= 0.6 is 11.8 Å². The van der Waals surface area contributed by atoms with Crippen molar-refractivity contribution >= 4 is 17.7 Å². The molecule has 2 heterocycles. The van der Waals surface area contributed by atoms with E-state index in [4.69, 9.17) is 0 Å². The number of rotatable bonds is 4. The Bertz CT molecular complexity index is 663. The Morgan fingerprint density at radius 2 is 2.05 bits per heavy atom. The molecule has 0 bridgehead atoms. The van der Waals surface area contributed by atoms with Crippen LogP contribution < -0.4 is 0 Å². The van der Waals surface area contributed by atoms with Crippen molar-refractivity contribution in [3.05, 3.63) is 65.5 Å². The van der Waals surface area contributed by atoms with E-state index in [0.717, 1.165) is 5.56 Å². The molecule has 1 aliphatic rings. The normalized spacial score (nSPS) is 21.9. The van der Waals surface area contributed by atoms with E-state index in [9.17, 15) is 9.90 Å². The van der Waals surface area contributed by atoms with Crippen molar-refractivity contribution in [1.29, 1.82) is 0 Å². The van der Waals surface area contributed by atoms with Crippen LogP contribution in [0.15, 0.2) is 48.8 Å². The number of carboxylic acids is 1. The molecule has 0 radical (unpaired) electrons. The second-order valence-corrected chi connectivity index (χ2v) is 6.53. The van der Waals surface area contributed by atoms with Gasteiger partial charge in [-0.1, -0.05) is 24.3 Å². The van der Waals surface area contributed by atoms with Gasteiger partial charge in [0.15, 0.2) is 0 Å². The molecule has 0 amide bonds. The van der Waals surface area contributed by atoms with Gasteiger partial charge in [-0.05, 0) is 35.7 Å². The summed E-state index contributed by atoms with van der Waals surface area (Å²) in [6.45, 7) is 2.71. The molecule has 0 spiro atoms. The van der Waals surface area contributed by atoms with Crippen LogP contribution in [0.4, 0.5) is 0 Å². The number of hydrogen-bond acceptors (Lipinski definition) is 4. The van der Waals surface area contributed by atoms with Crippen molar-refractivity contribution in [2.75, 3.05) is 5.75 Å². The third-order valence-electron chi connectivity index (χ3n) is 4.00. The van der Waals surface area contributed by atoms with Gasteiger partial charge >= 0.3 is 5.97 Å². The second-order valence-electron chi connectivity index (χ2n) is 5.42. The van der Waals surface area contributed by atoms with Gasteiger partial charge in [0.25, 0.3) is 0 Å². The van der Waals surface area contributed by atoms with Crippen molar-refractivity contribution in [3.8, 4) is 0 Å². The summed E-state index contributed by atoms with van der Waals surface area (Å²) in [5.41, 5.74) is 3.48. The second kappa shape index (κ2) is 6.50. The molecule has 0 saturated carbocycles. The fourth-order valence-corrected chi connectivity index (χ4v) is 4.20. The van der Waals surface area contributed by atoms with Gasteiger partial charge in [0.1, 0.15) is 6.04 Å². The SMILES string of the molecule is Cc1ccccc1CN1C(C(=O)O)CSC1c1ccncc1. The zero-order valence-corrected chi connectivity index (χ0v) is 13.2. The van der Waals surface area contributed by atoms with Crippen LogP contribution in [0.3, 0.4) is 0 Å². The molecule has 1 aliphatic heterocycles. The molecule has 2 atom stereocenters. The average Bonchev–Trinajstić information content (AvgIpc) is 2.94. The van der Waals surface area contributed by atoms with E-state index < -0.39 is 12.0 Å². The summed E-state index contributed by atoms with van der Waals surface area (Å²) < 4.78 is 0. The van der Waals surface area contributed by atoms with Gasteiger partial charge in [-0.25, -0.2) is 0 Å². The molecular formula is C17H18N2O2S. The molecule has 1 N–H and O–H groups in total. The van der Waals surface area contributed by atoms with Crippen molar-refractivity contribution in [2.24, 2.45) is 0 Å². The lowest BCUT2D eigenvalue weighted by molar-refractivity contribution is -0.142. The minimum atomic E-state index is -0.752. The molecule has 2 unspecified atom stereocenters. The zero-order chi connectivity index (χ0) is 15.5. The number of carboxylic acid groups (broad SMARTS) is 1. The topological polar surface area (TPSA) is 53.4 Å². The predicted molar refractivity (Wildman–Crippen MR) is 87.6 cm³/mol.